The number of hydrogen-bond donors (Lipinski definition) is 1. The number of anilines is 1. The van der Waals surface area contributed by atoms with Gasteiger partial charge in [0.05, 0.1) is 18.7 Å². The van der Waals surface area contributed by atoms with Gasteiger partial charge in [0, 0.05) is 42.4 Å². The molecule has 1 aromatic carbocycles. The number of ether oxygens (including phenoxy) is 1. The minimum absolute atomic E-state index is 0.0108. The Kier molecular flexibility index (Phi) is 5.59. The Hall–Kier alpha value is -3.48. The van der Waals surface area contributed by atoms with E-state index >= 15 is 0 Å². The zero-order valence-electron chi connectivity index (χ0n) is 17.8. The predicted molar refractivity (Wildman–Crippen MR) is 118 cm³/mol. The summed E-state index contributed by atoms with van der Waals surface area (Å²) in [4.78, 5) is 43.2. The molecule has 1 aromatic rings. The molecule has 1 aliphatic carbocycles. The lowest BCUT2D eigenvalue weighted by molar-refractivity contribution is -0.123. The first-order chi connectivity index (χ1) is 14.9. The molecule has 2 aliphatic heterocycles. The maximum atomic E-state index is 12.8. The van der Waals surface area contributed by atoms with E-state index in [0.29, 0.717) is 17.1 Å². The topological polar surface area (TPSA) is 88.1 Å². The van der Waals surface area contributed by atoms with E-state index in [2.05, 4.69) is 10.3 Å². The number of fused-ring (bicyclic) bond motifs is 1. The highest BCUT2D eigenvalue weighted by atomic mass is 16.5. The van der Waals surface area contributed by atoms with Crippen LogP contribution in [0.2, 0.25) is 0 Å². The molecule has 1 fully saturated rings. The van der Waals surface area contributed by atoms with Crippen molar-refractivity contribution >= 4 is 29.1 Å². The van der Waals surface area contributed by atoms with Crippen LogP contribution in [0.15, 0.2) is 64.8 Å². The van der Waals surface area contributed by atoms with Crippen LogP contribution in [-0.2, 0) is 14.4 Å². The molecule has 2 unspecified atom stereocenters. The number of hydrogen-bond acceptors (Lipinski definition) is 4. The summed E-state index contributed by atoms with van der Waals surface area (Å²) in [6, 6.07) is 7.21. The van der Waals surface area contributed by atoms with E-state index in [0.717, 1.165) is 11.3 Å². The first-order valence-electron chi connectivity index (χ1n) is 10.3. The molecule has 3 amide bonds. The van der Waals surface area contributed by atoms with Crippen molar-refractivity contribution in [1.82, 2.24) is 5.32 Å². The summed E-state index contributed by atoms with van der Waals surface area (Å²) in [6.45, 7) is 4.38. The molecule has 2 atom stereocenters. The minimum Gasteiger partial charge on any atom is -0.497 e. The van der Waals surface area contributed by atoms with Crippen molar-refractivity contribution in [2.24, 2.45) is 22.7 Å². The molecule has 0 aromatic heterocycles. The molecule has 4 rings (SSSR count). The van der Waals surface area contributed by atoms with Crippen LogP contribution in [0.4, 0.5) is 5.69 Å². The van der Waals surface area contributed by atoms with Crippen LogP contribution in [0.5, 0.6) is 5.75 Å². The second-order valence-corrected chi connectivity index (χ2v) is 8.21. The van der Waals surface area contributed by atoms with Crippen LogP contribution in [-0.4, -0.2) is 37.1 Å². The lowest BCUT2D eigenvalue weighted by Gasteiger charge is -2.29. The van der Waals surface area contributed by atoms with Gasteiger partial charge in [0.1, 0.15) is 5.75 Å². The number of nitrogens with zero attached hydrogens (tertiary/aromatic N) is 2. The molecule has 7 nitrogen and oxygen atoms in total. The van der Waals surface area contributed by atoms with E-state index in [1.54, 1.807) is 42.4 Å². The highest BCUT2D eigenvalue weighted by molar-refractivity contribution is 6.12. The summed E-state index contributed by atoms with van der Waals surface area (Å²) in [7, 11) is 1.57. The van der Waals surface area contributed by atoms with Crippen molar-refractivity contribution in [1.29, 1.82) is 0 Å². The average Bonchev–Trinajstić information content (AvgIpc) is 3.14. The van der Waals surface area contributed by atoms with Crippen LogP contribution < -0.4 is 15.0 Å². The standard InChI is InChI=1S/C24H25N3O4/c1-14(2)20-12-22(28)26-21-10-16(7-8-19(20)21)25-24(30)15-9-23(29)27(13-15)17-5-4-6-18(11-17)31-3/h4-8,10-12,14-15,19H,9,13H2,1-3H3,(H,26,28). The summed E-state index contributed by atoms with van der Waals surface area (Å²) in [6.07, 6.45) is 7.26. The first kappa shape index (κ1) is 20.8. The molecule has 0 spiro atoms. The highest BCUT2D eigenvalue weighted by Crippen LogP contribution is 2.32. The van der Waals surface area contributed by atoms with Gasteiger partial charge in [-0.2, -0.15) is 0 Å². The van der Waals surface area contributed by atoms with E-state index < -0.39 is 5.92 Å². The molecule has 0 radical (unpaired) electrons. The van der Waals surface area contributed by atoms with E-state index in [4.69, 9.17) is 4.74 Å². The fourth-order valence-corrected chi connectivity index (χ4v) is 4.13. The lowest BCUT2D eigenvalue weighted by atomic mass is 9.82. The summed E-state index contributed by atoms with van der Waals surface area (Å²) in [5, 5.41) is 2.85. The van der Waals surface area contributed by atoms with Crippen molar-refractivity contribution in [2.45, 2.75) is 20.3 Å². The van der Waals surface area contributed by atoms with Crippen LogP contribution in [0, 0.1) is 17.8 Å². The van der Waals surface area contributed by atoms with Crippen LogP contribution in [0.1, 0.15) is 20.3 Å². The van der Waals surface area contributed by atoms with Gasteiger partial charge in [-0.25, -0.2) is 4.99 Å². The number of methoxy groups -OCH3 is 1. The van der Waals surface area contributed by atoms with Crippen LogP contribution in [0.3, 0.4) is 0 Å². The molecule has 3 aliphatic rings. The van der Waals surface area contributed by atoms with Crippen LogP contribution >= 0.6 is 0 Å². The number of allylic oxidation sites excluding steroid dienone is 3. The predicted octanol–water partition coefficient (Wildman–Crippen LogP) is 2.80. The SMILES string of the molecule is COc1cccc(N2CC(C(=O)N=C3C=CC4C(=C3)NC(=O)C=C4C(C)C)CC2=O)c1. The van der Waals surface area contributed by atoms with E-state index in [9.17, 15) is 14.4 Å². The van der Waals surface area contributed by atoms with Crippen molar-refractivity contribution in [3.63, 3.8) is 0 Å². The number of benzene rings is 1. The number of rotatable bonds is 4. The van der Waals surface area contributed by atoms with E-state index in [1.807, 2.05) is 32.1 Å². The van der Waals surface area contributed by atoms with Gasteiger partial charge < -0.3 is 15.0 Å². The van der Waals surface area contributed by atoms with Gasteiger partial charge in [0.2, 0.25) is 11.8 Å². The first-order valence-corrected chi connectivity index (χ1v) is 10.3. The summed E-state index contributed by atoms with van der Waals surface area (Å²) in [5.41, 5.74) is 2.94. The van der Waals surface area contributed by atoms with E-state index in [1.165, 1.54) is 0 Å². The fourth-order valence-electron chi connectivity index (χ4n) is 4.13. The van der Waals surface area contributed by atoms with Gasteiger partial charge in [-0.15, -0.1) is 0 Å². The molecule has 160 valence electrons. The Morgan fingerprint density at radius 1 is 1.26 bits per heavy atom. The maximum absolute atomic E-state index is 12.8. The van der Waals surface area contributed by atoms with Crippen LogP contribution in [0.25, 0.3) is 0 Å². The smallest absolute Gasteiger partial charge is 0.251 e. The molecule has 31 heavy (non-hydrogen) atoms. The third-order valence-corrected chi connectivity index (χ3v) is 5.77. The number of carbonyl (C=O) groups is 3. The number of carbonyl (C=O) groups excluding carboxylic acids is 3. The zero-order valence-corrected chi connectivity index (χ0v) is 17.8. The molecule has 1 saturated heterocycles. The third-order valence-electron chi connectivity index (χ3n) is 5.77. The average molecular weight is 419 g/mol. The van der Waals surface area contributed by atoms with Crippen molar-refractivity contribution in [3.05, 3.63) is 59.8 Å². The Balaban J connectivity index is 1.50. The van der Waals surface area contributed by atoms with Gasteiger partial charge in [-0.3, -0.25) is 14.4 Å². The highest BCUT2D eigenvalue weighted by Gasteiger charge is 2.35. The van der Waals surface area contributed by atoms with Gasteiger partial charge in [-0.05, 0) is 35.8 Å². The largest absolute Gasteiger partial charge is 0.497 e. The van der Waals surface area contributed by atoms with Crippen molar-refractivity contribution in [3.8, 4) is 5.75 Å². The summed E-state index contributed by atoms with van der Waals surface area (Å²) in [5.74, 6) is -0.255. The van der Waals surface area contributed by atoms with Gasteiger partial charge in [-0.1, -0.05) is 26.0 Å². The fraction of sp³-hybridized carbons (Fsp3) is 0.333. The molecule has 2 heterocycles. The van der Waals surface area contributed by atoms with Gasteiger partial charge >= 0.3 is 0 Å². The summed E-state index contributed by atoms with van der Waals surface area (Å²) >= 11 is 0. The summed E-state index contributed by atoms with van der Waals surface area (Å²) < 4.78 is 5.22. The molecule has 1 N–H and O–H groups in total. The quantitative estimate of drug-likeness (QED) is 0.813. The number of nitrogens with one attached hydrogen (secondary N) is 1. The van der Waals surface area contributed by atoms with Crippen molar-refractivity contribution in [2.75, 3.05) is 18.6 Å². The zero-order chi connectivity index (χ0) is 22.1. The molecular weight excluding hydrogens is 394 g/mol. The number of aliphatic imine (C=N–C) groups is 1. The molecule has 7 heteroatoms. The Morgan fingerprint density at radius 3 is 2.81 bits per heavy atom. The van der Waals surface area contributed by atoms with Crippen molar-refractivity contribution < 1.29 is 19.1 Å². The molecular formula is C24H25N3O4. The second-order valence-electron chi connectivity index (χ2n) is 8.21. The molecule has 0 saturated carbocycles. The normalized spacial score (nSPS) is 24.1. The Morgan fingerprint density at radius 2 is 2.06 bits per heavy atom. The minimum atomic E-state index is -0.511. The maximum Gasteiger partial charge on any atom is 0.251 e. The second kappa shape index (κ2) is 8.34. The monoisotopic (exact) mass is 419 g/mol. The van der Waals surface area contributed by atoms with Gasteiger partial charge in [0.15, 0.2) is 0 Å². The molecule has 0 bridgehead atoms. The number of amides is 3. The van der Waals surface area contributed by atoms with Gasteiger partial charge in [0.25, 0.3) is 5.91 Å². The lowest BCUT2D eigenvalue weighted by Crippen LogP contribution is -2.34. The Bertz CT molecular complexity index is 1060. The Labute approximate surface area is 181 Å². The van der Waals surface area contributed by atoms with E-state index in [-0.39, 0.29) is 42.5 Å². The third kappa shape index (κ3) is 4.21.